The zero-order valence-corrected chi connectivity index (χ0v) is 7.00. The van der Waals surface area contributed by atoms with E-state index < -0.39 is 0 Å². The lowest BCUT2D eigenvalue weighted by Crippen LogP contribution is -2.24. The van der Waals surface area contributed by atoms with Crippen molar-refractivity contribution in [3.63, 3.8) is 0 Å². The maximum absolute atomic E-state index is 3.53. The summed E-state index contributed by atoms with van der Waals surface area (Å²) in [6, 6.07) is 0. The normalized spacial score (nSPS) is 38.0. The second-order valence-electron chi connectivity index (χ2n) is 1.77. The first-order valence-electron chi connectivity index (χ1n) is 2.19. The minimum absolute atomic E-state index is 0.312. The Bertz CT molecular complexity index is 98.3. The molecule has 0 aromatic carbocycles. The molecule has 40 valence electrons. The third-order valence-corrected chi connectivity index (χ3v) is 3.72. The SMILES string of the molecule is BrCC1(Br)C=CC1. The van der Waals surface area contributed by atoms with Crippen molar-refractivity contribution in [2.75, 3.05) is 5.33 Å². The molecule has 1 unspecified atom stereocenters. The minimum atomic E-state index is 0.312. The molecule has 0 spiro atoms. The van der Waals surface area contributed by atoms with E-state index in [4.69, 9.17) is 0 Å². The van der Waals surface area contributed by atoms with Crippen LogP contribution in [-0.2, 0) is 0 Å². The topological polar surface area (TPSA) is 0 Å². The Kier molecular flexibility index (Phi) is 1.58. The summed E-state index contributed by atoms with van der Waals surface area (Å²) < 4.78 is 0.312. The van der Waals surface area contributed by atoms with Gasteiger partial charge in [-0.05, 0) is 6.42 Å². The van der Waals surface area contributed by atoms with Gasteiger partial charge in [0.2, 0.25) is 0 Å². The van der Waals surface area contributed by atoms with E-state index in [1.807, 2.05) is 0 Å². The lowest BCUT2D eigenvalue weighted by molar-refractivity contribution is 0.775. The first kappa shape index (κ1) is 5.83. The van der Waals surface area contributed by atoms with Crippen LogP contribution < -0.4 is 0 Å². The summed E-state index contributed by atoms with van der Waals surface area (Å²) in [4.78, 5) is 0. The second-order valence-corrected chi connectivity index (χ2v) is 3.91. The Morgan fingerprint density at radius 1 is 1.71 bits per heavy atom. The Morgan fingerprint density at radius 2 is 2.29 bits per heavy atom. The highest BCUT2D eigenvalue weighted by atomic mass is 79.9. The summed E-state index contributed by atoms with van der Waals surface area (Å²) >= 11 is 6.92. The molecule has 0 bridgehead atoms. The summed E-state index contributed by atoms with van der Waals surface area (Å²) in [5.41, 5.74) is 0. The van der Waals surface area contributed by atoms with Gasteiger partial charge in [0.15, 0.2) is 0 Å². The maximum atomic E-state index is 3.53. The Labute approximate surface area is 60.2 Å². The lowest BCUT2D eigenvalue weighted by Gasteiger charge is -2.25. The van der Waals surface area contributed by atoms with Crippen molar-refractivity contribution in [1.29, 1.82) is 0 Å². The van der Waals surface area contributed by atoms with Crippen LogP contribution in [0.5, 0.6) is 0 Å². The third-order valence-electron chi connectivity index (χ3n) is 1.10. The van der Waals surface area contributed by atoms with Crippen LogP contribution in [0.15, 0.2) is 12.2 Å². The number of rotatable bonds is 1. The fraction of sp³-hybridized carbons (Fsp3) is 0.600. The minimum Gasteiger partial charge on any atom is -0.0909 e. The predicted octanol–water partition coefficient (Wildman–Crippen LogP) is 2.47. The Balaban J connectivity index is 2.47. The van der Waals surface area contributed by atoms with Gasteiger partial charge in [0.25, 0.3) is 0 Å². The van der Waals surface area contributed by atoms with Gasteiger partial charge in [0.05, 0.1) is 4.32 Å². The van der Waals surface area contributed by atoms with E-state index >= 15 is 0 Å². The van der Waals surface area contributed by atoms with E-state index in [2.05, 4.69) is 44.0 Å². The number of hydrogen-bond donors (Lipinski definition) is 0. The fourth-order valence-electron chi connectivity index (χ4n) is 0.473. The van der Waals surface area contributed by atoms with Gasteiger partial charge < -0.3 is 0 Å². The summed E-state index contributed by atoms with van der Waals surface area (Å²) in [6.45, 7) is 0. The second kappa shape index (κ2) is 1.90. The van der Waals surface area contributed by atoms with Crippen molar-refractivity contribution >= 4 is 31.9 Å². The molecule has 0 saturated carbocycles. The first-order chi connectivity index (χ1) is 3.27. The van der Waals surface area contributed by atoms with E-state index in [9.17, 15) is 0 Å². The van der Waals surface area contributed by atoms with Crippen LogP contribution in [0.2, 0.25) is 0 Å². The van der Waals surface area contributed by atoms with Gasteiger partial charge in [0.1, 0.15) is 0 Å². The quantitative estimate of drug-likeness (QED) is 0.475. The highest BCUT2D eigenvalue weighted by Gasteiger charge is 2.25. The van der Waals surface area contributed by atoms with Gasteiger partial charge in [0, 0.05) is 5.33 Å². The van der Waals surface area contributed by atoms with Crippen molar-refractivity contribution in [1.82, 2.24) is 0 Å². The van der Waals surface area contributed by atoms with Gasteiger partial charge in [-0.2, -0.15) is 0 Å². The predicted molar refractivity (Wildman–Crippen MR) is 39.2 cm³/mol. The summed E-state index contributed by atoms with van der Waals surface area (Å²) in [7, 11) is 0. The molecular formula is C5H6Br2. The molecule has 7 heavy (non-hydrogen) atoms. The van der Waals surface area contributed by atoms with Crippen LogP contribution >= 0.6 is 31.9 Å². The molecule has 0 N–H and O–H groups in total. The lowest BCUT2D eigenvalue weighted by atomic mass is 9.98. The Hall–Kier alpha value is 0.700. The molecule has 0 aromatic heterocycles. The van der Waals surface area contributed by atoms with Crippen molar-refractivity contribution in [2.45, 2.75) is 10.7 Å². The number of halogens is 2. The molecule has 2 heteroatoms. The van der Waals surface area contributed by atoms with Crippen LogP contribution in [0.25, 0.3) is 0 Å². The zero-order valence-electron chi connectivity index (χ0n) is 3.82. The molecule has 1 aliphatic rings. The molecule has 0 aromatic rings. The third kappa shape index (κ3) is 1.08. The largest absolute Gasteiger partial charge is 0.0909 e. The van der Waals surface area contributed by atoms with Gasteiger partial charge >= 0.3 is 0 Å². The molecule has 0 saturated heterocycles. The molecule has 0 amide bonds. The number of alkyl halides is 2. The first-order valence-corrected chi connectivity index (χ1v) is 4.11. The van der Waals surface area contributed by atoms with E-state index in [0.29, 0.717) is 4.32 Å². The Morgan fingerprint density at radius 3 is 2.29 bits per heavy atom. The molecule has 0 heterocycles. The standard InChI is InChI=1S/C5H6Br2/c6-4-5(7)2-1-3-5/h1-2H,3-4H2. The number of hydrogen-bond acceptors (Lipinski definition) is 0. The smallest absolute Gasteiger partial charge is 0.0567 e. The van der Waals surface area contributed by atoms with Crippen LogP contribution in [0.3, 0.4) is 0 Å². The molecule has 1 aliphatic carbocycles. The summed E-state index contributed by atoms with van der Waals surface area (Å²) in [5, 5.41) is 1.02. The highest BCUT2D eigenvalue weighted by molar-refractivity contribution is 9.12. The number of allylic oxidation sites excluding steroid dienone is 2. The fourth-order valence-corrected chi connectivity index (χ4v) is 1.26. The molecule has 1 atom stereocenters. The average molecular weight is 226 g/mol. The van der Waals surface area contributed by atoms with Gasteiger partial charge in [-0.3, -0.25) is 0 Å². The molecule has 0 fully saturated rings. The maximum Gasteiger partial charge on any atom is 0.0567 e. The summed E-state index contributed by atoms with van der Waals surface area (Å²) in [6.07, 6.45) is 5.50. The van der Waals surface area contributed by atoms with Crippen LogP contribution in [0.4, 0.5) is 0 Å². The summed E-state index contributed by atoms with van der Waals surface area (Å²) in [5.74, 6) is 0. The van der Waals surface area contributed by atoms with Crippen LogP contribution in [0.1, 0.15) is 6.42 Å². The monoisotopic (exact) mass is 224 g/mol. The van der Waals surface area contributed by atoms with Gasteiger partial charge in [-0.1, -0.05) is 44.0 Å². The van der Waals surface area contributed by atoms with E-state index in [1.54, 1.807) is 0 Å². The van der Waals surface area contributed by atoms with Gasteiger partial charge in [-0.15, -0.1) is 0 Å². The molecule has 0 radical (unpaired) electrons. The van der Waals surface area contributed by atoms with E-state index in [0.717, 1.165) is 11.8 Å². The van der Waals surface area contributed by atoms with Crippen molar-refractivity contribution < 1.29 is 0 Å². The van der Waals surface area contributed by atoms with Gasteiger partial charge in [-0.25, -0.2) is 0 Å². The molecule has 0 nitrogen and oxygen atoms in total. The van der Waals surface area contributed by atoms with Crippen molar-refractivity contribution in [2.24, 2.45) is 0 Å². The molecule has 0 aliphatic heterocycles. The highest BCUT2D eigenvalue weighted by Crippen LogP contribution is 2.33. The van der Waals surface area contributed by atoms with Crippen molar-refractivity contribution in [3.8, 4) is 0 Å². The van der Waals surface area contributed by atoms with E-state index in [-0.39, 0.29) is 0 Å². The van der Waals surface area contributed by atoms with Crippen LogP contribution in [0, 0.1) is 0 Å². The zero-order chi connectivity index (χ0) is 5.33. The van der Waals surface area contributed by atoms with Crippen molar-refractivity contribution in [3.05, 3.63) is 12.2 Å². The average Bonchev–Trinajstić information content (AvgIpc) is 1.61. The van der Waals surface area contributed by atoms with Crippen LogP contribution in [-0.4, -0.2) is 9.65 Å². The van der Waals surface area contributed by atoms with E-state index in [1.165, 1.54) is 0 Å². The molecule has 1 rings (SSSR count). The molecular weight excluding hydrogens is 220 g/mol.